The maximum Gasteiger partial charge on any atom is 0.233 e. The summed E-state index contributed by atoms with van der Waals surface area (Å²) in [7, 11) is 0. The molecule has 0 aliphatic heterocycles. The van der Waals surface area contributed by atoms with Gasteiger partial charge in [-0.2, -0.15) is 10.2 Å². The predicted octanol–water partition coefficient (Wildman–Crippen LogP) is 4.90. The first kappa shape index (κ1) is 15.2. The molecule has 1 atom stereocenters. The Morgan fingerprint density at radius 1 is 1.29 bits per heavy atom. The number of hydrogen-bond donors (Lipinski definition) is 0. The zero-order valence-corrected chi connectivity index (χ0v) is 12.5. The van der Waals surface area contributed by atoms with Crippen LogP contribution in [0.3, 0.4) is 0 Å². The van der Waals surface area contributed by atoms with Crippen LogP contribution in [-0.4, -0.2) is 12.4 Å². The molecule has 0 saturated carbocycles. The Morgan fingerprint density at radius 3 is 2.62 bits per heavy atom. The minimum absolute atomic E-state index is 0.562. The minimum atomic E-state index is -0.771. The molecule has 0 spiro atoms. The lowest BCUT2D eigenvalue weighted by Gasteiger charge is -2.32. The van der Waals surface area contributed by atoms with E-state index in [4.69, 9.17) is 9.47 Å². The summed E-state index contributed by atoms with van der Waals surface area (Å²) >= 11 is 0. The van der Waals surface area contributed by atoms with Crippen LogP contribution in [0, 0.1) is 0 Å². The highest BCUT2D eigenvalue weighted by Crippen LogP contribution is 2.29. The molecule has 1 aliphatic carbocycles. The number of benzene rings is 1. The van der Waals surface area contributed by atoms with E-state index in [-0.39, 0.29) is 0 Å². The van der Waals surface area contributed by atoms with Gasteiger partial charge in [0, 0.05) is 13.0 Å². The summed E-state index contributed by atoms with van der Waals surface area (Å²) in [5.41, 5.74) is 1.62. The Labute approximate surface area is 125 Å². The van der Waals surface area contributed by atoms with Crippen molar-refractivity contribution in [1.29, 1.82) is 0 Å². The molecular weight excluding hydrogens is 264 g/mol. The zero-order chi connectivity index (χ0) is 15.1. The van der Waals surface area contributed by atoms with Gasteiger partial charge < -0.3 is 9.47 Å². The molecule has 1 aromatic rings. The Morgan fingerprint density at radius 2 is 2.05 bits per heavy atom. The third-order valence-corrected chi connectivity index (χ3v) is 2.88. The fraction of sp³-hybridized carbons (Fsp3) is 0.294. The summed E-state index contributed by atoms with van der Waals surface area (Å²) in [4.78, 5) is 0. The minimum Gasteiger partial charge on any atom is -0.464 e. The van der Waals surface area contributed by atoms with E-state index in [2.05, 4.69) is 16.8 Å². The highest BCUT2D eigenvalue weighted by molar-refractivity contribution is 5.35. The van der Waals surface area contributed by atoms with Crippen molar-refractivity contribution in [2.24, 2.45) is 10.2 Å². The number of azo groups is 1. The highest BCUT2D eigenvalue weighted by atomic mass is 16.7. The summed E-state index contributed by atoms with van der Waals surface area (Å²) in [5, 5.41) is 8.41. The molecule has 110 valence electrons. The smallest absolute Gasteiger partial charge is 0.233 e. The first-order chi connectivity index (χ1) is 10.1. The van der Waals surface area contributed by atoms with E-state index in [9.17, 15) is 0 Å². The summed E-state index contributed by atoms with van der Waals surface area (Å²) in [6.07, 6.45) is 6.25. The lowest BCUT2D eigenvalue weighted by Crippen LogP contribution is -2.34. The van der Waals surface area contributed by atoms with Gasteiger partial charge in [0.05, 0.1) is 17.1 Å². The maximum absolute atomic E-state index is 5.71. The van der Waals surface area contributed by atoms with Crippen LogP contribution in [0.1, 0.15) is 20.3 Å². The van der Waals surface area contributed by atoms with Crippen LogP contribution in [-0.2, 0) is 9.47 Å². The van der Waals surface area contributed by atoms with Crippen molar-refractivity contribution in [3.63, 3.8) is 0 Å². The van der Waals surface area contributed by atoms with Crippen molar-refractivity contribution in [3.05, 3.63) is 66.6 Å². The molecule has 1 aromatic carbocycles. The molecule has 21 heavy (non-hydrogen) atoms. The van der Waals surface area contributed by atoms with Crippen LogP contribution in [0.4, 0.5) is 5.69 Å². The Balaban J connectivity index is 2.05. The van der Waals surface area contributed by atoms with Crippen molar-refractivity contribution in [2.75, 3.05) is 6.61 Å². The molecular formula is C17H20N2O2. The lowest BCUT2D eigenvalue weighted by molar-refractivity contribution is -0.175. The van der Waals surface area contributed by atoms with Crippen LogP contribution >= 0.6 is 0 Å². The molecule has 1 unspecified atom stereocenters. The molecule has 0 amide bonds. The third kappa shape index (κ3) is 4.39. The van der Waals surface area contributed by atoms with E-state index in [1.54, 1.807) is 0 Å². The number of nitrogens with zero attached hydrogens (tertiary/aromatic N) is 2. The van der Waals surface area contributed by atoms with Gasteiger partial charge in [-0.05, 0) is 44.2 Å². The van der Waals surface area contributed by atoms with Gasteiger partial charge in [-0.1, -0.05) is 24.8 Å². The number of allylic oxidation sites excluding steroid dienone is 2. The van der Waals surface area contributed by atoms with Crippen molar-refractivity contribution in [2.45, 2.75) is 26.1 Å². The molecule has 0 aromatic heterocycles. The standard InChI is InChI=1S/C17H20N2O2/c1-4-20-17(21-14(2)3)12-10-16(11-13-17)19-18-15-8-6-5-7-9-15/h5-12H,2,4,13H2,1,3H3. The summed E-state index contributed by atoms with van der Waals surface area (Å²) < 4.78 is 11.4. The highest BCUT2D eigenvalue weighted by Gasteiger charge is 2.31. The second-order valence-electron chi connectivity index (χ2n) is 4.75. The Bertz CT molecular complexity index is 576. The van der Waals surface area contributed by atoms with Crippen LogP contribution < -0.4 is 0 Å². The number of rotatable bonds is 6. The fourth-order valence-electron chi connectivity index (χ4n) is 2.03. The number of ether oxygens (including phenoxy) is 2. The van der Waals surface area contributed by atoms with E-state index in [0.717, 1.165) is 11.4 Å². The van der Waals surface area contributed by atoms with Gasteiger partial charge in [0.2, 0.25) is 5.79 Å². The molecule has 4 nitrogen and oxygen atoms in total. The summed E-state index contributed by atoms with van der Waals surface area (Å²) in [6.45, 7) is 8.08. The molecule has 0 fully saturated rings. The van der Waals surface area contributed by atoms with Gasteiger partial charge >= 0.3 is 0 Å². The second kappa shape index (κ2) is 6.99. The molecule has 0 saturated heterocycles. The average Bonchev–Trinajstić information content (AvgIpc) is 2.47. The third-order valence-electron chi connectivity index (χ3n) is 2.88. The topological polar surface area (TPSA) is 43.2 Å². The Kier molecular flexibility index (Phi) is 5.06. The van der Waals surface area contributed by atoms with Gasteiger partial charge in [0.15, 0.2) is 0 Å². The molecule has 0 N–H and O–H groups in total. The van der Waals surface area contributed by atoms with Crippen LogP contribution in [0.5, 0.6) is 0 Å². The van der Waals surface area contributed by atoms with E-state index < -0.39 is 5.79 Å². The van der Waals surface area contributed by atoms with Gasteiger partial charge in [0.1, 0.15) is 0 Å². The van der Waals surface area contributed by atoms with E-state index in [1.807, 2.05) is 62.4 Å². The normalized spacial score (nSPS) is 21.3. The summed E-state index contributed by atoms with van der Waals surface area (Å²) in [6, 6.07) is 9.63. The fourth-order valence-corrected chi connectivity index (χ4v) is 2.03. The van der Waals surface area contributed by atoms with Crippen molar-refractivity contribution in [1.82, 2.24) is 0 Å². The van der Waals surface area contributed by atoms with Crippen LogP contribution in [0.2, 0.25) is 0 Å². The molecule has 0 heterocycles. The first-order valence-corrected chi connectivity index (χ1v) is 6.98. The molecule has 0 bridgehead atoms. The van der Waals surface area contributed by atoms with Crippen LogP contribution in [0.25, 0.3) is 0 Å². The van der Waals surface area contributed by atoms with Crippen molar-refractivity contribution >= 4 is 5.69 Å². The van der Waals surface area contributed by atoms with Gasteiger partial charge in [-0.3, -0.25) is 0 Å². The monoisotopic (exact) mass is 284 g/mol. The van der Waals surface area contributed by atoms with Gasteiger partial charge in [-0.25, -0.2) is 0 Å². The quantitative estimate of drug-likeness (QED) is 0.424. The van der Waals surface area contributed by atoms with E-state index in [0.29, 0.717) is 18.8 Å². The predicted molar refractivity (Wildman–Crippen MR) is 83.1 cm³/mol. The van der Waals surface area contributed by atoms with E-state index >= 15 is 0 Å². The maximum atomic E-state index is 5.71. The molecule has 2 rings (SSSR count). The molecule has 1 aliphatic rings. The number of hydrogen-bond acceptors (Lipinski definition) is 4. The summed E-state index contributed by atoms with van der Waals surface area (Å²) in [5.74, 6) is -0.150. The molecule has 0 radical (unpaired) electrons. The van der Waals surface area contributed by atoms with Gasteiger partial charge in [0.25, 0.3) is 0 Å². The van der Waals surface area contributed by atoms with Crippen LogP contribution in [0.15, 0.2) is 76.8 Å². The zero-order valence-electron chi connectivity index (χ0n) is 12.5. The lowest BCUT2D eigenvalue weighted by atomic mass is 10.1. The van der Waals surface area contributed by atoms with Crippen molar-refractivity contribution in [3.8, 4) is 0 Å². The average molecular weight is 284 g/mol. The molecule has 4 heteroatoms. The van der Waals surface area contributed by atoms with Crippen molar-refractivity contribution < 1.29 is 9.47 Å². The largest absolute Gasteiger partial charge is 0.464 e. The van der Waals surface area contributed by atoms with Gasteiger partial charge in [-0.15, -0.1) is 0 Å². The SMILES string of the molecule is C=C(C)OC1(OCC)C=CC(N=Nc2ccccc2)=CC1. The Hall–Kier alpha value is -2.20. The second-order valence-corrected chi connectivity index (χ2v) is 4.75. The first-order valence-electron chi connectivity index (χ1n) is 6.98. The van der Waals surface area contributed by atoms with E-state index in [1.165, 1.54) is 0 Å².